The molecule has 0 atom stereocenters. The Bertz CT molecular complexity index is 498. The molecule has 0 aliphatic heterocycles. The lowest BCUT2D eigenvalue weighted by molar-refractivity contribution is 0.0517. The second kappa shape index (κ2) is 6.02. The van der Waals surface area contributed by atoms with E-state index in [2.05, 4.69) is 9.72 Å². The highest BCUT2D eigenvalue weighted by Gasteiger charge is 2.22. The largest absolute Gasteiger partial charge is 0.461 e. The molecule has 5 nitrogen and oxygen atoms in total. The summed E-state index contributed by atoms with van der Waals surface area (Å²) in [5.74, 6) is -0.903. The van der Waals surface area contributed by atoms with Crippen LogP contribution in [0.4, 0.5) is 8.78 Å². The molecule has 0 saturated heterocycles. The zero-order chi connectivity index (χ0) is 13.7. The summed E-state index contributed by atoms with van der Waals surface area (Å²) >= 11 is 0. The van der Waals surface area contributed by atoms with E-state index in [9.17, 15) is 13.6 Å². The molecule has 1 aromatic heterocycles. The standard InChI is InChI=1S/C11H11F2N3O2/c1-2-18-11(17)9-7(5-15)3-6(4-14)8(16-9)10(12)13/h3,10H,2,4,14H2,1H3. The number of nitrogens with two attached hydrogens (primary N) is 1. The zero-order valence-corrected chi connectivity index (χ0v) is 9.61. The summed E-state index contributed by atoms with van der Waals surface area (Å²) in [5.41, 5.74) is 4.20. The summed E-state index contributed by atoms with van der Waals surface area (Å²) in [6.45, 7) is 1.44. The first-order valence-electron chi connectivity index (χ1n) is 5.14. The van der Waals surface area contributed by atoms with E-state index in [0.29, 0.717) is 0 Å². The van der Waals surface area contributed by atoms with Crippen LogP contribution in [0.3, 0.4) is 0 Å². The van der Waals surface area contributed by atoms with E-state index in [1.165, 1.54) is 0 Å². The van der Waals surface area contributed by atoms with Crippen LogP contribution >= 0.6 is 0 Å². The van der Waals surface area contributed by atoms with Crippen LogP contribution in [0.5, 0.6) is 0 Å². The van der Waals surface area contributed by atoms with Crippen LogP contribution in [-0.4, -0.2) is 17.6 Å². The van der Waals surface area contributed by atoms with Gasteiger partial charge in [-0.2, -0.15) is 5.26 Å². The maximum Gasteiger partial charge on any atom is 0.358 e. The van der Waals surface area contributed by atoms with Gasteiger partial charge in [0.25, 0.3) is 6.43 Å². The average molecular weight is 255 g/mol. The summed E-state index contributed by atoms with van der Waals surface area (Å²) in [4.78, 5) is 15.0. The molecule has 96 valence electrons. The van der Waals surface area contributed by atoms with E-state index in [4.69, 9.17) is 11.0 Å². The molecule has 0 aliphatic rings. The molecule has 0 aromatic carbocycles. The highest BCUT2D eigenvalue weighted by molar-refractivity contribution is 5.90. The van der Waals surface area contributed by atoms with Gasteiger partial charge in [-0.3, -0.25) is 0 Å². The molecule has 7 heteroatoms. The van der Waals surface area contributed by atoms with Crippen LogP contribution in [0.1, 0.15) is 40.7 Å². The van der Waals surface area contributed by atoms with Crippen LogP contribution in [-0.2, 0) is 11.3 Å². The molecule has 0 radical (unpaired) electrons. The third-order valence-corrected chi connectivity index (χ3v) is 2.15. The first-order chi connectivity index (χ1) is 8.54. The minimum Gasteiger partial charge on any atom is -0.461 e. The molecule has 0 bridgehead atoms. The van der Waals surface area contributed by atoms with Gasteiger partial charge in [0, 0.05) is 6.54 Å². The van der Waals surface area contributed by atoms with Crippen molar-refractivity contribution in [3.63, 3.8) is 0 Å². The Hall–Kier alpha value is -2.07. The predicted molar refractivity (Wildman–Crippen MR) is 57.8 cm³/mol. The Labute approximate surface area is 102 Å². The van der Waals surface area contributed by atoms with Crippen LogP contribution in [0, 0.1) is 11.3 Å². The van der Waals surface area contributed by atoms with Gasteiger partial charge < -0.3 is 10.5 Å². The third kappa shape index (κ3) is 2.78. The number of alkyl halides is 2. The van der Waals surface area contributed by atoms with Crippen molar-refractivity contribution in [1.82, 2.24) is 4.98 Å². The number of aromatic nitrogens is 1. The van der Waals surface area contributed by atoms with Gasteiger partial charge in [-0.05, 0) is 18.6 Å². The number of carbonyl (C=O) groups excluding carboxylic acids is 1. The van der Waals surface area contributed by atoms with Crippen molar-refractivity contribution in [2.45, 2.75) is 19.9 Å². The van der Waals surface area contributed by atoms with Crippen molar-refractivity contribution >= 4 is 5.97 Å². The van der Waals surface area contributed by atoms with E-state index >= 15 is 0 Å². The van der Waals surface area contributed by atoms with Crippen molar-refractivity contribution < 1.29 is 18.3 Å². The molecule has 0 amide bonds. The van der Waals surface area contributed by atoms with Gasteiger partial charge in [0.15, 0.2) is 5.69 Å². The lowest BCUT2D eigenvalue weighted by Gasteiger charge is -2.10. The van der Waals surface area contributed by atoms with Gasteiger partial charge in [0.05, 0.1) is 12.2 Å². The Morgan fingerprint density at radius 2 is 2.33 bits per heavy atom. The van der Waals surface area contributed by atoms with Crippen molar-refractivity contribution in [2.24, 2.45) is 5.73 Å². The van der Waals surface area contributed by atoms with Crippen molar-refractivity contribution in [2.75, 3.05) is 6.61 Å². The van der Waals surface area contributed by atoms with Crippen LogP contribution < -0.4 is 5.73 Å². The fourth-order valence-corrected chi connectivity index (χ4v) is 1.36. The first kappa shape index (κ1) is 14.0. The molecule has 1 aromatic rings. The molecule has 0 fully saturated rings. The number of esters is 1. The summed E-state index contributed by atoms with van der Waals surface area (Å²) in [6.07, 6.45) is -2.87. The highest BCUT2D eigenvalue weighted by atomic mass is 19.3. The molecule has 0 aliphatic carbocycles. The maximum atomic E-state index is 12.7. The number of nitrogens with zero attached hydrogens (tertiary/aromatic N) is 2. The Morgan fingerprint density at radius 1 is 1.67 bits per heavy atom. The van der Waals surface area contributed by atoms with Crippen LogP contribution in [0.15, 0.2) is 6.07 Å². The van der Waals surface area contributed by atoms with E-state index in [1.807, 2.05) is 0 Å². The van der Waals surface area contributed by atoms with E-state index in [1.54, 1.807) is 13.0 Å². The summed E-state index contributed by atoms with van der Waals surface area (Å²) in [7, 11) is 0. The van der Waals surface area contributed by atoms with Gasteiger partial charge in [-0.25, -0.2) is 18.6 Å². The van der Waals surface area contributed by atoms with Crippen molar-refractivity contribution in [3.05, 3.63) is 28.6 Å². The van der Waals surface area contributed by atoms with Gasteiger partial charge in [-0.15, -0.1) is 0 Å². The number of hydrogen-bond donors (Lipinski definition) is 1. The molecule has 1 heterocycles. The Morgan fingerprint density at radius 3 is 2.78 bits per heavy atom. The summed E-state index contributed by atoms with van der Waals surface area (Å²) in [6, 6.07) is 2.85. The number of ether oxygens (including phenoxy) is 1. The topological polar surface area (TPSA) is 89.0 Å². The van der Waals surface area contributed by atoms with E-state index in [-0.39, 0.29) is 24.3 Å². The number of hydrogen-bond acceptors (Lipinski definition) is 5. The minimum atomic E-state index is -2.87. The monoisotopic (exact) mass is 255 g/mol. The van der Waals surface area contributed by atoms with Crippen molar-refractivity contribution in [3.8, 4) is 6.07 Å². The second-order valence-electron chi connectivity index (χ2n) is 3.27. The fraction of sp³-hybridized carbons (Fsp3) is 0.364. The molecule has 0 saturated carbocycles. The molecule has 18 heavy (non-hydrogen) atoms. The summed E-state index contributed by atoms with van der Waals surface area (Å²) in [5, 5.41) is 8.86. The lowest BCUT2D eigenvalue weighted by atomic mass is 10.1. The number of carbonyl (C=O) groups is 1. The van der Waals surface area contributed by atoms with Gasteiger partial charge >= 0.3 is 5.97 Å². The third-order valence-electron chi connectivity index (χ3n) is 2.15. The number of rotatable bonds is 4. The quantitative estimate of drug-likeness (QED) is 0.824. The Kier molecular flexibility index (Phi) is 4.68. The molecular weight excluding hydrogens is 244 g/mol. The van der Waals surface area contributed by atoms with Gasteiger partial charge in [0.1, 0.15) is 11.8 Å². The van der Waals surface area contributed by atoms with Gasteiger partial charge in [-0.1, -0.05) is 0 Å². The normalized spacial score (nSPS) is 10.2. The number of nitriles is 1. The molecule has 0 spiro atoms. The fourth-order valence-electron chi connectivity index (χ4n) is 1.36. The first-order valence-corrected chi connectivity index (χ1v) is 5.14. The smallest absolute Gasteiger partial charge is 0.358 e. The SMILES string of the molecule is CCOC(=O)c1nc(C(F)F)c(CN)cc1C#N. The molecular formula is C11H11F2N3O2. The highest BCUT2D eigenvalue weighted by Crippen LogP contribution is 2.23. The minimum absolute atomic E-state index is 0.0367. The van der Waals surface area contributed by atoms with Crippen molar-refractivity contribution in [1.29, 1.82) is 5.26 Å². The second-order valence-corrected chi connectivity index (χ2v) is 3.27. The van der Waals surface area contributed by atoms with E-state index in [0.717, 1.165) is 6.07 Å². The predicted octanol–water partition coefficient (Wildman–Crippen LogP) is 1.53. The Balaban J connectivity index is 3.37. The lowest BCUT2D eigenvalue weighted by Crippen LogP contribution is -2.14. The van der Waals surface area contributed by atoms with Crippen LogP contribution in [0.2, 0.25) is 0 Å². The maximum absolute atomic E-state index is 12.7. The molecule has 1 rings (SSSR count). The molecule has 0 unspecified atom stereocenters. The number of halogens is 2. The van der Waals surface area contributed by atoms with Gasteiger partial charge in [0.2, 0.25) is 0 Å². The molecule has 2 N–H and O–H groups in total. The van der Waals surface area contributed by atoms with Crippen LogP contribution in [0.25, 0.3) is 0 Å². The summed E-state index contributed by atoms with van der Waals surface area (Å²) < 4.78 is 30.1. The number of pyridine rings is 1. The van der Waals surface area contributed by atoms with E-state index < -0.39 is 23.8 Å². The zero-order valence-electron chi connectivity index (χ0n) is 9.61. The average Bonchev–Trinajstić information content (AvgIpc) is 2.37.